The van der Waals surface area contributed by atoms with Gasteiger partial charge in [-0.05, 0) is 61.8 Å². The van der Waals surface area contributed by atoms with Gasteiger partial charge in [0.1, 0.15) is 0 Å². The van der Waals surface area contributed by atoms with Crippen LogP contribution in [-0.4, -0.2) is 176 Å². The second kappa shape index (κ2) is 39.9. The summed E-state index contributed by atoms with van der Waals surface area (Å²) in [6.45, 7) is 8.15. The molecule has 0 aromatic carbocycles. The Hall–Kier alpha value is -0.102. The number of amides is 2. The van der Waals surface area contributed by atoms with E-state index in [1.165, 1.54) is 5.16 Å². The van der Waals surface area contributed by atoms with Gasteiger partial charge in [0.15, 0.2) is 0 Å². The van der Waals surface area contributed by atoms with Gasteiger partial charge in [-0.3, -0.25) is 9.59 Å². The van der Waals surface area contributed by atoms with E-state index in [1.807, 2.05) is 0 Å². The molecule has 0 heterocycles. The van der Waals surface area contributed by atoms with E-state index in [4.69, 9.17) is 25.8 Å². The summed E-state index contributed by atoms with van der Waals surface area (Å²) in [5.41, 5.74) is -0.574. The number of hydrogen-bond acceptors (Lipinski definition) is 11. The molecule has 0 aliphatic heterocycles. The van der Waals surface area contributed by atoms with Crippen LogP contribution in [0.25, 0.3) is 5.41 Å². The standard InChI is InChI=1S/C9H18N2O6.2C6H16N2.CNS.3Cu.2H2O/c1-9(2,3-10-5(12)7(14)15)4-11-6(13)8(16)17;2*1-7(2)5-6-8(3)4;2-1-3;;;;;/h7-8,14-17H,3-4H2,1-2H3,(H,10,12)(H,11,13);2*5-6H2,1-4H3;;;;;2*1H2/q;;;-1;;+1;+2;;. The van der Waals surface area contributed by atoms with Gasteiger partial charge in [-0.2, -0.15) is 5.16 Å². The topological polar surface area (TPSA) is 237 Å². The zero-order valence-corrected chi connectivity index (χ0v) is 29.2. The number of nitrogens with one attached hydrogen (secondary N) is 2. The molecule has 0 aliphatic rings. The minimum Gasteiger partial charge on any atom is -0.753 e. The molecule has 0 fully saturated rings. The molecule has 262 valence electrons. The van der Waals surface area contributed by atoms with E-state index in [9.17, 15) is 9.59 Å². The molecule has 10 N–H and O–H groups in total. The number of aliphatic hydroxyl groups excluding tert-OH is 2. The summed E-state index contributed by atoms with van der Waals surface area (Å²) in [7, 11) is 16.7. The van der Waals surface area contributed by atoms with Crippen LogP contribution >= 0.6 is 12.2 Å². The first kappa shape index (κ1) is 64.0. The Bertz CT molecular complexity index is 546. The van der Waals surface area contributed by atoms with Crippen molar-refractivity contribution in [3.8, 4) is 0 Å². The van der Waals surface area contributed by atoms with Crippen LogP contribution in [0.15, 0.2) is 0 Å². The summed E-state index contributed by atoms with van der Waals surface area (Å²) < 4.78 is 0. The molecule has 19 heteroatoms. The van der Waals surface area contributed by atoms with Crippen molar-refractivity contribution in [1.29, 1.82) is 0 Å². The minimum absolute atomic E-state index is 0. The van der Waals surface area contributed by atoms with Crippen molar-refractivity contribution in [3.63, 3.8) is 0 Å². The minimum atomic E-state index is -2.08. The van der Waals surface area contributed by atoms with Crippen LogP contribution in [0, 0.1) is 5.41 Å². The number of aliphatic hydroxyl groups is 4. The molecular formula is C22H54Cu3N7O8S+2. The summed E-state index contributed by atoms with van der Waals surface area (Å²) in [4.78, 5) is 30.4. The van der Waals surface area contributed by atoms with Crippen LogP contribution in [-0.2, 0) is 60.8 Å². The second-order valence-electron chi connectivity index (χ2n) is 9.65. The van der Waals surface area contributed by atoms with Gasteiger partial charge in [-0.15, -0.1) is 0 Å². The summed E-state index contributed by atoms with van der Waals surface area (Å²) in [5, 5.41) is 47.1. The third kappa shape index (κ3) is 64.1. The van der Waals surface area contributed by atoms with E-state index in [1.54, 1.807) is 13.8 Å². The van der Waals surface area contributed by atoms with Crippen molar-refractivity contribution in [2.24, 2.45) is 5.41 Å². The van der Waals surface area contributed by atoms with Crippen LogP contribution in [0.1, 0.15) is 13.8 Å². The Kier molecular flexibility index (Phi) is 62.3. The van der Waals surface area contributed by atoms with Crippen molar-refractivity contribution in [2.45, 2.75) is 26.4 Å². The fraction of sp³-hybridized carbons (Fsp3) is 0.864. The normalized spacial score (nSPS) is 9.46. The fourth-order valence-electron chi connectivity index (χ4n) is 1.70. The Morgan fingerprint density at radius 3 is 1.02 bits per heavy atom. The predicted molar refractivity (Wildman–Crippen MR) is 154 cm³/mol. The van der Waals surface area contributed by atoms with E-state index in [0.29, 0.717) is 0 Å². The number of carbonyl (C=O) groups excluding carboxylic acids is 2. The predicted octanol–water partition coefficient (Wildman–Crippen LogP) is -3.91. The summed E-state index contributed by atoms with van der Waals surface area (Å²) in [6, 6.07) is 0. The van der Waals surface area contributed by atoms with Gasteiger partial charge in [-0.25, -0.2) is 0 Å². The van der Waals surface area contributed by atoms with Crippen molar-refractivity contribution in [1.82, 2.24) is 30.2 Å². The van der Waals surface area contributed by atoms with E-state index >= 15 is 0 Å². The Balaban J connectivity index is -0.0000000523. The van der Waals surface area contributed by atoms with Crippen LogP contribution < -0.4 is 10.6 Å². The van der Waals surface area contributed by atoms with E-state index in [0.717, 1.165) is 26.2 Å². The zero-order valence-electron chi connectivity index (χ0n) is 25.6. The number of carbonyl (C=O) groups is 2. The first-order valence-corrected chi connectivity index (χ1v) is 11.6. The van der Waals surface area contributed by atoms with Crippen molar-refractivity contribution >= 4 is 29.2 Å². The fourth-order valence-corrected chi connectivity index (χ4v) is 1.70. The smallest absolute Gasteiger partial charge is 0.753 e. The largest absolute Gasteiger partial charge is 2.00 e. The molecule has 0 aromatic heterocycles. The quantitative estimate of drug-likeness (QED) is 0.0486. The third-order valence-electron chi connectivity index (χ3n) is 3.94. The van der Waals surface area contributed by atoms with E-state index in [2.05, 4.69) is 98.8 Å². The van der Waals surface area contributed by atoms with Crippen LogP contribution in [0.4, 0.5) is 0 Å². The number of isothiocyanates is 1. The summed E-state index contributed by atoms with van der Waals surface area (Å²) >= 11 is 3.70. The zero-order chi connectivity index (χ0) is 29.5. The summed E-state index contributed by atoms with van der Waals surface area (Å²) in [6.07, 6.45) is -4.17. The van der Waals surface area contributed by atoms with Gasteiger partial charge < -0.3 is 67.0 Å². The second-order valence-corrected chi connectivity index (χ2v) is 9.83. The molecule has 41 heavy (non-hydrogen) atoms. The maximum Gasteiger partial charge on any atom is 2.00 e. The average molecular weight is 767 g/mol. The van der Waals surface area contributed by atoms with Crippen LogP contribution in [0.3, 0.4) is 0 Å². The average Bonchev–Trinajstić information content (AvgIpc) is 2.74. The van der Waals surface area contributed by atoms with Crippen LogP contribution in [0.5, 0.6) is 0 Å². The number of likely N-dealkylation sites (N-methyl/N-ethyl adjacent to an activating group) is 4. The number of nitrogens with zero attached hydrogens (tertiary/aromatic N) is 5. The van der Waals surface area contributed by atoms with Crippen molar-refractivity contribution in [3.05, 3.63) is 5.41 Å². The Labute approximate surface area is 283 Å². The summed E-state index contributed by atoms with van der Waals surface area (Å²) in [5.74, 6) is -1.88. The number of thiocarbonyl (C=S) groups is 1. The van der Waals surface area contributed by atoms with E-state index < -0.39 is 29.8 Å². The molecule has 0 atom stereocenters. The molecule has 2 amide bonds. The first-order chi connectivity index (χ1) is 16.3. The molecule has 2 radical (unpaired) electrons. The van der Waals surface area contributed by atoms with Gasteiger partial charge >= 0.3 is 34.1 Å². The maximum atomic E-state index is 10.9. The number of rotatable bonds is 12. The first-order valence-electron chi connectivity index (χ1n) is 11.2. The molecule has 0 unspecified atom stereocenters. The van der Waals surface area contributed by atoms with Gasteiger partial charge in [0.2, 0.25) is 12.6 Å². The molecular weight excluding hydrogens is 713 g/mol. The van der Waals surface area contributed by atoms with Gasteiger partial charge in [-0.1, -0.05) is 26.1 Å². The molecule has 0 bridgehead atoms. The molecule has 0 aliphatic carbocycles. The van der Waals surface area contributed by atoms with Crippen molar-refractivity contribution < 1.29 is 92.2 Å². The molecule has 15 nitrogen and oxygen atoms in total. The Morgan fingerprint density at radius 2 is 0.902 bits per heavy atom. The number of hydrogen-bond donors (Lipinski definition) is 6. The molecule has 0 spiro atoms. The monoisotopic (exact) mass is 765 g/mol. The third-order valence-corrected chi connectivity index (χ3v) is 3.94. The van der Waals surface area contributed by atoms with Crippen molar-refractivity contribution in [2.75, 3.05) is 95.6 Å². The van der Waals surface area contributed by atoms with E-state index in [-0.39, 0.29) is 75.2 Å². The SMILES string of the molecule is CC(C)(CNC(=O)C(O)O)CNC(=O)C(O)O.CN(C)CCN(C)C.CN(C)CCN(C)C.O.O.[Cu+2].[Cu+].[Cu].[N-]=C=S. The Morgan fingerprint density at radius 1 is 0.732 bits per heavy atom. The molecule has 0 rings (SSSR count). The van der Waals surface area contributed by atoms with Crippen LogP contribution in [0.2, 0.25) is 0 Å². The van der Waals surface area contributed by atoms with Gasteiger partial charge in [0, 0.05) is 56.3 Å². The van der Waals surface area contributed by atoms with Gasteiger partial charge in [0.25, 0.3) is 11.8 Å². The maximum absolute atomic E-state index is 10.9. The molecule has 0 saturated carbocycles. The molecule has 0 saturated heterocycles. The molecule has 0 aromatic rings. The van der Waals surface area contributed by atoms with Gasteiger partial charge in [0.05, 0.1) is 0 Å².